The number of hydrogen-bond donors (Lipinski definition) is 2. The molecule has 1 aliphatic heterocycles. The molecular weight excluding hydrogens is 388 g/mol. The zero-order valence-electron chi connectivity index (χ0n) is 16.6. The molecule has 7 heteroatoms. The monoisotopic (exact) mass is 412 g/mol. The molecule has 4 rings (SSSR count). The Balaban J connectivity index is 1.50. The van der Waals surface area contributed by atoms with Crippen LogP contribution in [0.3, 0.4) is 0 Å². The number of halogens is 1. The Morgan fingerprint density at radius 2 is 2.07 bits per heavy atom. The van der Waals surface area contributed by atoms with Gasteiger partial charge in [-0.1, -0.05) is 25.4 Å². The van der Waals surface area contributed by atoms with Crippen molar-refractivity contribution in [1.29, 1.82) is 0 Å². The van der Waals surface area contributed by atoms with E-state index < -0.39 is 6.10 Å². The highest BCUT2D eigenvalue weighted by atomic mass is 35.5. The summed E-state index contributed by atoms with van der Waals surface area (Å²) in [5.74, 6) is 0.293. The molecule has 2 N–H and O–H groups in total. The molecule has 1 amide bonds. The number of carbonyl (C=O) groups is 1. The first-order chi connectivity index (χ1) is 13.9. The van der Waals surface area contributed by atoms with Crippen LogP contribution in [0.4, 0.5) is 0 Å². The third-order valence-corrected chi connectivity index (χ3v) is 6.52. The van der Waals surface area contributed by atoms with Crippen LogP contribution in [0.15, 0.2) is 42.9 Å². The Labute approximate surface area is 174 Å². The summed E-state index contributed by atoms with van der Waals surface area (Å²) in [7, 11) is 0. The number of likely N-dealkylation sites (tertiary alicyclic amines) is 1. The predicted octanol–water partition coefficient (Wildman–Crippen LogP) is 4.22. The van der Waals surface area contributed by atoms with Crippen molar-refractivity contribution in [2.24, 2.45) is 11.3 Å². The van der Waals surface area contributed by atoms with Crippen molar-refractivity contribution in [1.82, 2.24) is 20.1 Å². The molecule has 1 aliphatic rings. The standard InChI is InChI=1S/C22H25ClN4O2/c1-22(2,20(28)17-10-16(23)11-19-18(17)13-25-26-19)15-5-8-27(9-6-15)21(29)14-4-3-7-24-12-14/h3-4,7,10-13,15,20,28H,5-6,8-9H2,1-2H3,(H,25,26). The van der Waals surface area contributed by atoms with Gasteiger partial charge in [-0.15, -0.1) is 0 Å². The average molecular weight is 413 g/mol. The van der Waals surface area contributed by atoms with E-state index in [4.69, 9.17) is 11.6 Å². The highest BCUT2D eigenvalue weighted by Crippen LogP contribution is 2.46. The smallest absolute Gasteiger partial charge is 0.255 e. The van der Waals surface area contributed by atoms with Crippen molar-refractivity contribution in [2.45, 2.75) is 32.8 Å². The van der Waals surface area contributed by atoms with Gasteiger partial charge >= 0.3 is 0 Å². The maximum atomic E-state index is 12.7. The van der Waals surface area contributed by atoms with Gasteiger partial charge in [-0.25, -0.2) is 0 Å². The normalized spacial score (nSPS) is 16.9. The summed E-state index contributed by atoms with van der Waals surface area (Å²) in [4.78, 5) is 18.6. The number of fused-ring (bicyclic) bond motifs is 1. The minimum absolute atomic E-state index is 0.0184. The first-order valence-electron chi connectivity index (χ1n) is 9.88. The topological polar surface area (TPSA) is 82.1 Å². The number of H-pyrrole nitrogens is 1. The molecule has 6 nitrogen and oxygen atoms in total. The Hall–Kier alpha value is -2.44. The summed E-state index contributed by atoms with van der Waals surface area (Å²) < 4.78 is 0. The number of aliphatic hydroxyl groups excluding tert-OH is 1. The fourth-order valence-electron chi connectivity index (χ4n) is 4.39. The molecule has 152 valence electrons. The number of benzene rings is 1. The first-order valence-corrected chi connectivity index (χ1v) is 10.3. The summed E-state index contributed by atoms with van der Waals surface area (Å²) in [6.45, 7) is 5.53. The molecule has 1 aromatic carbocycles. The van der Waals surface area contributed by atoms with Crippen LogP contribution in [-0.2, 0) is 0 Å². The number of rotatable bonds is 4. The van der Waals surface area contributed by atoms with Gasteiger partial charge in [0.15, 0.2) is 0 Å². The minimum Gasteiger partial charge on any atom is -0.388 e. The zero-order valence-corrected chi connectivity index (χ0v) is 17.4. The molecule has 3 heterocycles. The molecule has 1 fully saturated rings. The third-order valence-electron chi connectivity index (χ3n) is 6.30. The zero-order chi connectivity index (χ0) is 20.6. The Morgan fingerprint density at radius 1 is 1.31 bits per heavy atom. The second kappa shape index (κ2) is 7.76. The number of hydrogen-bond acceptors (Lipinski definition) is 4. The molecule has 0 spiro atoms. The molecule has 1 saturated heterocycles. The van der Waals surface area contributed by atoms with E-state index in [0.717, 1.165) is 29.3 Å². The number of aromatic amines is 1. The molecule has 3 aromatic rings. The van der Waals surface area contributed by atoms with Gasteiger partial charge in [0, 0.05) is 35.9 Å². The van der Waals surface area contributed by atoms with Gasteiger partial charge in [-0.3, -0.25) is 14.9 Å². The van der Waals surface area contributed by atoms with Crippen LogP contribution in [-0.4, -0.2) is 44.2 Å². The molecule has 1 atom stereocenters. The van der Waals surface area contributed by atoms with Crippen LogP contribution in [0, 0.1) is 11.3 Å². The lowest BCUT2D eigenvalue weighted by molar-refractivity contribution is -0.0164. The van der Waals surface area contributed by atoms with E-state index in [1.165, 1.54) is 0 Å². The van der Waals surface area contributed by atoms with Gasteiger partial charge in [0.05, 0.1) is 23.4 Å². The van der Waals surface area contributed by atoms with Crippen molar-refractivity contribution in [2.75, 3.05) is 13.1 Å². The van der Waals surface area contributed by atoms with Crippen molar-refractivity contribution in [3.8, 4) is 0 Å². The molecular formula is C22H25ClN4O2. The van der Waals surface area contributed by atoms with Crippen LogP contribution in [0.25, 0.3) is 10.9 Å². The number of piperidine rings is 1. The summed E-state index contributed by atoms with van der Waals surface area (Å²) in [5, 5.41) is 19.8. The predicted molar refractivity (Wildman–Crippen MR) is 113 cm³/mol. The van der Waals surface area contributed by atoms with Crippen LogP contribution in [0.2, 0.25) is 5.02 Å². The Morgan fingerprint density at radius 3 is 2.76 bits per heavy atom. The van der Waals surface area contributed by atoms with Gasteiger partial charge in [-0.05, 0) is 54.0 Å². The number of aromatic nitrogens is 3. The Bertz CT molecular complexity index is 1010. The number of aliphatic hydroxyl groups is 1. The molecule has 0 bridgehead atoms. The number of nitrogens with one attached hydrogen (secondary N) is 1. The molecule has 1 unspecified atom stereocenters. The SMILES string of the molecule is CC(C)(C1CCN(C(=O)c2cccnc2)CC1)C(O)c1cc(Cl)cc2[nH]ncc12. The van der Waals surface area contributed by atoms with Gasteiger partial charge in [-0.2, -0.15) is 5.10 Å². The highest BCUT2D eigenvalue weighted by molar-refractivity contribution is 6.31. The van der Waals surface area contributed by atoms with Gasteiger partial charge in [0.1, 0.15) is 0 Å². The van der Waals surface area contributed by atoms with E-state index in [9.17, 15) is 9.90 Å². The van der Waals surface area contributed by atoms with Crippen molar-refractivity contribution < 1.29 is 9.90 Å². The number of amides is 1. The van der Waals surface area contributed by atoms with E-state index in [2.05, 4.69) is 29.0 Å². The van der Waals surface area contributed by atoms with E-state index in [1.54, 1.807) is 30.7 Å². The van der Waals surface area contributed by atoms with Crippen LogP contribution >= 0.6 is 11.6 Å². The second-order valence-electron chi connectivity index (χ2n) is 8.36. The lowest BCUT2D eigenvalue weighted by Crippen LogP contribution is -2.43. The maximum absolute atomic E-state index is 12.7. The lowest BCUT2D eigenvalue weighted by atomic mass is 9.68. The summed E-state index contributed by atoms with van der Waals surface area (Å²) in [6, 6.07) is 7.22. The highest BCUT2D eigenvalue weighted by Gasteiger charge is 2.40. The molecule has 0 aliphatic carbocycles. The Kier molecular flexibility index (Phi) is 5.32. The third kappa shape index (κ3) is 3.74. The minimum atomic E-state index is -0.688. The largest absolute Gasteiger partial charge is 0.388 e. The summed E-state index contributed by atoms with van der Waals surface area (Å²) in [5.41, 5.74) is 1.85. The van der Waals surface area contributed by atoms with E-state index in [0.29, 0.717) is 23.7 Å². The van der Waals surface area contributed by atoms with E-state index in [1.807, 2.05) is 17.0 Å². The molecule has 2 aromatic heterocycles. The van der Waals surface area contributed by atoms with E-state index >= 15 is 0 Å². The summed E-state index contributed by atoms with van der Waals surface area (Å²) in [6.07, 6.45) is 6.00. The van der Waals surface area contributed by atoms with Gasteiger partial charge in [0.25, 0.3) is 5.91 Å². The fraction of sp³-hybridized carbons (Fsp3) is 0.409. The number of nitrogens with zero attached hydrogens (tertiary/aromatic N) is 3. The van der Waals surface area contributed by atoms with Crippen molar-refractivity contribution in [3.05, 3.63) is 59.0 Å². The number of pyridine rings is 1. The molecule has 0 radical (unpaired) electrons. The molecule has 0 saturated carbocycles. The average Bonchev–Trinajstić information content (AvgIpc) is 3.21. The lowest BCUT2D eigenvalue weighted by Gasteiger charge is -2.43. The maximum Gasteiger partial charge on any atom is 0.255 e. The van der Waals surface area contributed by atoms with Crippen LogP contribution in [0.5, 0.6) is 0 Å². The second-order valence-corrected chi connectivity index (χ2v) is 8.79. The fourth-order valence-corrected chi connectivity index (χ4v) is 4.62. The van der Waals surface area contributed by atoms with Crippen molar-refractivity contribution >= 4 is 28.4 Å². The van der Waals surface area contributed by atoms with Crippen LogP contribution < -0.4 is 0 Å². The van der Waals surface area contributed by atoms with E-state index in [-0.39, 0.29) is 17.2 Å². The van der Waals surface area contributed by atoms with Gasteiger partial charge in [0.2, 0.25) is 0 Å². The first kappa shape index (κ1) is 19.9. The van der Waals surface area contributed by atoms with Crippen LogP contribution in [0.1, 0.15) is 48.7 Å². The van der Waals surface area contributed by atoms with Gasteiger partial charge < -0.3 is 10.0 Å². The molecule has 29 heavy (non-hydrogen) atoms. The number of carbonyl (C=O) groups excluding carboxylic acids is 1. The summed E-state index contributed by atoms with van der Waals surface area (Å²) >= 11 is 6.26. The quantitative estimate of drug-likeness (QED) is 0.672. The van der Waals surface area contributed by atoms with Crippen molar-refractivity contribution in [3.63, 3.8) is 0 Å².